The largest absolute Gasteiger partial charge is 0.484 e. The number of hydrazone groups is 1. The van der Waals surface area contributed by atoms with E-state index in [1.807, 2.05) is 6.07 Å². The van der Waals surface area contributed by atoms with Gasteiger partial charge in [-0.3, -0.25) is 9.59 Å². The third-order valence-electron chi connectivity index (χ3n) is 3.12. The van der Waals surface area contributed by atoms with Crippen molar-refractivity contribution in [2.45, 2.75) is 0 Å². The molecule has 0 radical (unpaired) electrons. The lowest BCUT2D eigenvalue weighted by molar-refractivity contribution is -0.127. The molecule has 3 N–H and O–H groups in total. The minimum absolute atomic E-state index is 0.159. The molecule has 0 unspecified atom stereocenters. The van der Waals surface area contributed by atoms with Crippen molar-refractivity contribution in [1.29, 1.82) is 0 Å². The van der Waals surface area contributed by atoms with Crippen molar-refractivity contribution in [1.82, 2.24) is 10.7 Å². The third-order valence-corrected chi connectivity index (χ3v) is 3.12. The van der Waals surface area contributed by atoms with E-state index in [4.69, 9.17) is 9.84 Å². The van der Waals surface area contributed by atoms with Crippen molar-refractivity contribution in [3.05, 3.63) is 65.7 Å². The average Bonchev–Trinajstić information content (AvgIpc) is 2.66. The van der Waals surface area contributed by atoms with Crippen LogP contribution in [0.25, 0.3) is 0 Å². The Hall–Kier alpha value is -3.68. The summed E-state index contributed by atoms with van der Waals surface area (Å²) in [5.41, 5.74) is 3.04. The zero-order chi connectivity index (χ0) is 18.8. The summed E-state index contributed by atoms with van der Waals surface area (Å²) in [6.07, 6.45) is 1.36. The molecular formula is C18H17N3O5. The van der Waals surface area contributed by atoms with Crippen LogP contribution in [0.3, 0.4) is 0 Å². The van der Waals surface area contributed by atoms with Crippen LogP contribution in [0.5, 0.6) is 5.75 Å². The van der Waals surface area contributed by atoms with Crippen molar-refractivity contribution in [3.63, 3.8) is 0 Å². The highest BCUT2D eigenvalue weighted by atomic mass is 16.5. The van der Waals surface area contributed by atoms with E-state index in [0.29, 0.717) is 11.3 Å². The Balaban J connectivity index is 1.68. The fraction of sp³-hybridized carbons (Fsp3) is 0.111. The molecule has 0 aliphatic carbocycles. The van der Waals surface area contributed by atoms with Crippen molar-refractivity contribution in [2.24, 2.45) is 5.10 Å². The fourth-order valence-electron chi connectivity index (χ4n) is 1.83. The van der Waals surface area contributed by atoms with Crippen molar-refractivity contribution >= 4 is 24.0 Å². The van der Waals surface area contributed by atoms with Crippen molar-refractivity contribution in [3.8, 4) is 5.75 Å². The fourth-order valence-corrected chi connectivity index (χ4v) is 1.83. The molecule has 0 saturated carbocycles. The minimum Gasteiger partial charge on any atom is -0.484 e. The highest BCUT2D eigenvalue weighted by Gasteiger charge is 2.05. The van der Waals surface area contributed by atoms with Gasteiger partial charge in [0, 0.05) is 0 Å². The molecule has 0 bridgehead atoms. The Morgan fingerprint density at radius 3 is 2.35 bits per heavy atom. The first kappa shape index (κ1) is 18.7. The van der Waals surface area contributed by atoms with E-state index in [1.165, 1.54) is 18.3 Å². The molecule has 8 nitrogen and oxygen atoms in total. The third kappa shape index (κ3) is 6.44. The summed E-state index contributed by atoms with van der Waals surface area (Å²) in [4.78, 5) is 33.9. The summed E-state index contributed by atoms with van der Waals surface area (Å²) in [6, 6.07) is 14.8. The van der Waals surface area contributed by atoms with E-state index in [2.05, 4.69) is 15.8 Å². The van der Waals surface area contributed by atoms with Gasteiger partial charge in [-0.15, -0.1) is 0 Å². The molecule has 0 fully saturated rings. The van der Waals surface area contributed by atoms with Gasteiger partial charge in [0.2, 0.25) is 0 Å². The van der Waals surface area contributed by atoms with Crippen molar-refractivity contribution in [2.75, 3.05) is 13.2 Å². The lowest BCUT2D eigenvalue weighted by Crippen LogP contribution is -2.37. The van der Waals surface area contributed by atoms with Crippen LogP contribution in [-0.4, -0.2) is 42.3 Å². The minimum atomic E-state index is -1.02. The van der Waals surface area contributed by atoms with Gasteiger partial charge in [-0.25, -0.2) is 10.2 Å². The number of nitrogens with zero attached hydrogens (tertiary/aromatic N) is 1. The topological polar surface area (TPSA) is 117 Å². The number of nitrogens with one attached hydrogen (secondary N) is 2. The lowest BCUT2D eigenvalue weighted by atomic mass is 10.1. The predicted octanol–water partition coefficient (Wildman–Crippen LogP) is 1.03. The number of hydrogen-bond donors (Lipinski definition) is 3. The van der Waals surface area contributed by atoms with E-state index >= 15 is 0 Å². The first-order valence-corrected chi connectivity index (χ1v) is 7.64. The van der Waals surface area contributed by atoms with Crippen LogP contribution in [0.15, 0.2) is 59.7 Å². The summed E-state index contributed by atoms with van der Waals surface area (Å²) in [5, 5.41) is 14.9. The molecule has 0 spiro atoms. The van der Waals surface area contributed by atoms with Gasteiger partial charge >= 0.3 is 5.97 Å². The number of rotatable bonds is 8. The number of ether oxygens (including phenoxy) is 1. The van der Waals surface area contributed by atoms with Gasteiger partial charge in [-0.05, 0) is 29.8 Å². The van der Waals surface area contributed by atoms with Gasteiger partial charge in [0.15, 0.2) is 6.61 Å². The highest BCUT2D eigenvalue weighted by molar-refractivity contribution is 5.90. The number of carbonyl (C=O) groups is 3. The molecule has 0 aliphatic rings. The van der Waals surface area contributed by atoms with Crippen LogP contribution < -0.4 is 15.5 Å². The summed E-state index contributed by atoms with van der Waals surface area (Å²) in [6.45, 7) is -0.442. The second-order valence-electron chi connectivity index (χ2n) is 5.10. The van der Waals surface area contributed by atoms with Crippen molar-refractivity contribution < 1.29 is 24.2 Å². The Morgan fingerprint density at radius 1 is 1.00 bits per heavy atom. The van der Waals surface area contributed by atoms with E-state index in [1.54, 1.807) is 36.4 Å². The number of para-hydroxylation sites is 1. The number of hydrogen-bond acceptors (Lipinski definition) is 5. The SMILES string of the molecule is O=C(COc1ccccc1)NCC(=O)N/N=C\c1ccc(C(=O)O)cc1. The zero-order valence-electron chi connectivity index (χ0n) is 13.7. The van der Waals surface area contributed by atoms with Gasteiger partial charge in [0.1, 0.15) is 5.75 Å². The molecule has 2 aromatic carbocycles. The number of aromatic carboxylic acids is 1. The van der Waals surface area contributed by atoms with Gasteiger partial charge in [-0.2, -0.15) is 5.10 Å². The average molecular weight is 355 g/mol. The molecule has 0 aliphatic heterocycles. The number of carboxylic acids is 1. The number of carboxylic acid groups (broad SMARTS) is 1. The van der Waals surface area contributed by atoms with E-state index in [0.717, 1.165) is 0 Å². The molecule has 2 rings (SSSR count). The first-order chi connectivity index (χ1) is 12.5. The van der Waals surface area contributed by atoms with E-state index < -0.39 is 17.8 Å². The van der Waals surface area contributed by atoms with Crippen LogP contribution in [0.2, 0.25) is 0 Å². The van der Waals surface area contributed by atoms with Crippen LogP contribution in [0, 0.1) is 0 Å². The van der Waals surface area contributed by atoms with Gasteiger partial charge in [0.25, 0.3) is 11.8 Å². The van der Waals surface area contributed by atoms with E-state index in [-0.39, 0.29) is 18.7 Å². The number of amides is 2. The highest BCUT2D eigenvalue weighted by Crippen LogP contribution is 2.07. The maximum Gasteiger partial charge on any atom is 0.335 e. The maximum atomic E-state index is 11.6. The molecule has 2 amide bonds. The second kappa shape index (κ2) is 9.58. The molecule has 0 atom stereocenters. The Morgan fingerprint density at radius 2 is 1.69 bits per heavy atom. The summed E-state index contributed by atoms with van der Waals surface area (Å²) in [5.74, 6) is -1.40. The normalized spacial score (nSPS) is 10.3. The smallest absolute Gasteiger partial charge is 0.335 e. The Bertz CT molecular complexity index is 788. The molecule has 2 aromatic rings. The van der Waals surface area contributed by atoms with Crippen LogP contribution in [-0.2, 0) is 9.59 Å². The summed E-state index contributed by atoms with van der Waals surface area (Å²) in [7, 11) is 0. The molecule has 26 heavy (non-hydrogen) atoms. The molecule has 134 valence electrons. The monoisotopic (exact) mass is 355 g/mol. The van der Waals surface area contributed by atoms with Gasteiger partial charge < -0.3 is 15.2 Å². The van der Waals surface area contributed by atoms with Crippen LogP contribution >= 0.6 is 0 Å². The summed E-state index contributed by atoms with van der Waals surface area (Å²) < 4.78 is 5.25. The standard InChI is InChI=1S/C18H17N3O5/c22-16(11-19-17(23)12-26-15-4-2-1-3-5-15)21-20-10-13-6-8-14(9-7-13)18(24)25/h1-10H,11-12H2,(H,19,23)(H,21,22)(H,24,25)/b20-10-. The van der Waals surface area contributed by atoms with Crippen LogP contribution in [0.1, 0.15) is 15.9 Å². The van der Waals surface area contributed by atoms with Gasteiger partial charge in [0.05, 0.1) is 18.3 Å². The van der Waals surface area contributed by atoms with E-state index in [9.17, 15) is 14.4 Å². The molecule has 0 saturated heterocycles. The Labute approximate surface area is 149 Å². The maximum absolute atomic E-state index is 11.6. The quantitative estimate of drug-likeness (QED) is 0.483. The molecular weight excluding hydrogens is 338 g/mol. The molecule has 0 aromatic heterocycles. The molecule has 0 heterocycles. The Kier molecular flexibility index (Phi) is 6.87. The number of benzene rings is 2. The lowest BCUT2D eigenvalue weighted by Gasteiger charge is -2.06. The molecule has 8 heteroatoms. The zero-order valence-corrected chi connectivity index (χ0v) is 13.7. The number of carbonyl (C=O) groups excluding carboxylic acids is 2. The predicted molar refractivity (Wildman–Crippen MR) is 94.1 cm³/mol. The van der Waals surface area contributed by atoms with Gasteiger partial charge in [-0.1, -0.05) is 30.3 Å². The van der Waals surface area contributed by atoms with Crippen LogP contribution in [0.4, 0.5) is 0 Å². The summed E-state index contributed by atoms with van der Waals surface area (Å²) >= 11 is 0. The second-order valence-corrected chi connectivity index (χ2v) is 5.10. The first-order valence-electron chi connectivity index (χ1n) is 7.64.